The van der Waals surface area contributed by atoms with Gasteiger partial charge in [-0.3, -0.25) is 4.79 Å². The Morgan fingerprint density at radius 2 is 1.95 bits per heavy atom. The minimum Gasteiger partial charge on any atom is -0.349 e. The van der Waals surface area contributed by atoms with Crippen LogP contribution >= 0.6 is 0 Å². The predicted molar refractivity (Wildman–Crippen MR) is 87.6 cm³/mol. The van der Waals surface area contributed by atoms with Gasteiger partial charge in [-0.25, -0.2) is 0 Å². The van der Waals surface area contributed by atoms with Crippen molar-refractivity contribution in [2.24, 2.45) is 11.7 Å². The topological polar surface area (TPSA) is 55.1 Å². The third-order valence-electron chi connectivity index (χ3n) is 6.35. The van der Waals surface area contributed by atoms with Gasteiger partial charge in [-0.05, 0) is 49.7 Å². The summed E-state index contributed by atoms with van der Waals surface area (Å²) in [5.74, 6) is 0.419. The van der Waals surface area contributed by atoms with Gasteiger partial charge in [0.05, 0.1) is 5.54 Å². The number of benzene rings is 1. The quantitative estimate of drug-likeness (QED) is 0.901. The highest BCUT2D eigenvalue weighted by atomic mass is 16.2. The summed E-state index contributed by atoms with van der Waals surface area (Å²) in [6, 6.07) is 8.73. The average Bonchev–Trinajstić information content (AvgIpc) is 3.07. The Bertz CT molecular complexity index is 591. The van der Waals surface area contributed by atoms with Crippen LogP contribution in [-0.2, 0) is 16.6 Å². The van der Waals surface area contributed by atoms with E-state index in [9.17, 15) is 4.79 Å². The Hall–Kier alpha value is -1.35. The number of carbonyl (C=O) groups excluding carboxylic acids is 1. The summed E-state index contributed by atoms with van der Waals surface area (Å²) in [4.78, 5) is 12.8. The Morgan fingerprint density at radius 3 is 2.73 bits per heavy atom. The summed E-state index contributed by atoms with van der Waals surface area (Å²) in [6.45, 7) is 0.578. The van der Waals surface area contributed by atoms with E-state index in [1.54, 1.807) is 0 Å². The van der Waals surface area contributed by atoms with E-state index in [2.05, 4.69) is 29.6 Å². The highest BCUT2D eigenvalue weighted by molar-refractivity contribution is 5.85. The molecule has 2 atom stereocenters. The fourth-order valence-electron chi connectivity index (χ4n) is 4.96. The number of nitrogens with one attached hydrogen (secondary N) is 1. The highest BCUT2D eigenvalue weighted by Gasteiger charge is 2.60. The van der Waals surface area contributed by atoms with Crippen molar-refractivity contribution in [3.05, 3.63) is 35.4 Å². The van der Waals surface area contributed by atoms with E-state index in [-0.39, 0.29) is 22.8 Å². The molecular weight excluding hydrogens is 272 g/mol. The van der Waals surface area contributed by atoms with Gasteiger partial charge >= 0.3 is 0 Å². The van der Waals surface area contributed by atoms with Gasteiger partial charge in [0.1, 0.15) is 0 Å². The molecule has 3 nitrogen and oxygen atoms in total. The van der Waals surface area contributed by atoms with E-state index >= 15 is 0 Å². The molecule has 4 rings (SSSR count). The van der Waals surface area contributed by atoms with Crippen molar-refractivity contribution in [2.45, 2.75) is 62.3 Å². The molecule has 2 saturated carbocycles. The first kappa shape index (κ1) is 14.3. The lowest BCUT2D eigenvalue weighted by molar-refractivity contribution is -0.124. The first-order valence-corrected chi connectivity index (χ1v) is 8.80. The maximum atomic E-state index is 12.8. The van der Waals surface area contributed by atoms with Gasteiger partial charge in [0.25, 0.3) is 0 Å². The Balaban J connectivity index is 1.53. The maximum Gasteiger partial charge on any atom is 0.224 e. The van der Waals surface area contributed by atoms with Gasteiger partial charge in [0, 0.05) is 17.9 Å². The summed E-state index contributed by atoms with van der Waals surface area (Å²) in [5.41, 5.74) is 8.88. The lowest BCUT2D eigenvalue weighted by atomic mass is 9.78. The number of hydrogen-bond acceptors (Lipinski definition) is 2. The molecular formula is C19H26N2O. The summed E-state index contributed by atoms with van der Waals surface area (Å²) in [6.07, 6.45) is 9.04. The van der Waals surface area contributed by atoms with Crippen molar-refractivity contribution >= 4 is 5.91 Å². The zero-order valence-electron chi connectivity index (χ0n) is 13.2. The molecule has 0 aliphatic heterocycles. The summed E-state index contributed by atoms with van der Waals surface area (Å²) in [5, 5.41) is 3.34. The first-order valence-electron chi connectivity index (χ1n) is 8.80. The smallest absolute Gasteiger partial charge is 0.224 e. The third-order valence-corrected chi connectivity index (χ3v) is 6.35. The molecule has 3 aliphatic carbocycles. The van der Waals surface area contributed by atoms with Crippen LogP contribution in [0.4, 0.5) is 0 Å². The van der Waals surface area contributed by atoms with Crippen LogP contribution in [-0.4, -0.2) is 18.0 Å². The first-order chi connectivity index (χ1) is 10.7. The van der Waals surface area contributed by atoms with Gasteiger partial charge in [-0.2, -0.15) is 0 Å². The summed E-state index contributed by atoms with van der Waals surface area (Å²) < 4.78 is 0. The molecule has 118 valence electrons. The van der Waals surface area contributed by atoms with Crippen LogP contribution in [0.5, 0.6) is 0 Å². The van der Waals surface area contributed by atoms with Crippen LogP contribution in [0.2, 0.25) is 0 Å². The summed E-state index contributed by atoms with van der Waals surface area (Å²) in [7, 11) is 0. The number of amides is 1. The SMILES string of the molecule is NCC1(NC(=O)C2CC23CCCc2ccccc23)CCCC1. The number of aryl methyl sites for hydroxylation is 1. The Labute approximate surface area is 132 Å². The molecule has 0 bridgehead atoms. The van der Waals surface area contributed by atoms with Crippen molar-refractivity contribution in [3.63, 3.8) is 0 Å². The van der Waals surface area contributed by atoms with Gasteiger partial charge in [-0.15, -0.1) is 0 Å². The minimum absolute atomic E-state index is 0.116. The molecule has 1 amide bonds. The predicted octanol–water partition coefficient (Wildman–Crippen LogP) is 2.67. The largest absolute Gasteiger partial charge is 0.349 e. The second-order valence-electron chi connectivity index (χ2n) is 7.60. The van der Waals surface area contributed by atoms with E-state index < -0.39 is 0 Å². The zero-order chi connectivity index (χ0) is 15.2. The van der Waals surface area contributed by atoms with Crippen LogP contribution < -0.4 is 11.1 Å². The van der Waals surface area contributed by atoms with Gasteiger partial charge in [0.2, 0.25) is 5.91 Å². The van der Waals surface area contributed by atoms with Crippen molar-refractivity contribution < 1.29 is 4.79 Å². The zero-order valence-corrected chi connectivity index (χ0v) is 13.2. The normalized spacial score (nSPS) is 31.8. The fraction of sp³-hybridized carbons (Fsp3) is 0.632. The number of nitrogens with two attached hydrogens (primary N) is 1. The molecule has 3 N–H and O–H groups in total. The Kier molecular flexibility index (Phi) is 3.30. The Morgan fingerprint density at radius 1 is 1.18 bits per heavy atom. The van der Waals surface area contributed by atoms with Gasteiger partial charge in [-0.1, -0.05) is 37.1 Å². The van der Waals surface area contributed by atoms with Crippen molar-refractivity contribution in [2.75, 3.05) is 6.54 Å². The number of carbonyl (C=O) groups is 1. The average molecular weight is 298 g/mol. The summed E-state index contributed by atoms with van der Waals surface area (Å²) >= 11 is 0. The second-order valence-corrected chi connectivity index (χ2v) is 7.60. The van der Waals surface area contributed by atoms with Crippen LogP contribution in [0.25, 0.3) is 0 Å². The van der Waals surface area contributed by atoms with E-state index in [1.165, 1.54) is 36.8 Å². The van der Waals surface area contributed by atoms with Crippen LogP contribution in [0.3, 0.4) is 0 Å². The molecule has 3 heteroatoms. The fourth-order valence-corrected chi connectivity index (χ4v) is 4.96. The number of hydrogen-bond donors (Lipinski definition) is 2. The maximum absolute atomic E-state index is 12.8. The van der Waals surface area contributed by atoms with E-state index in [4.69, 9.17) is 5.73 Å². The molecule has 2 unspecified atom stereocenters. The monoisotopic (exact) mass is 298 g/mol. The van der Waals surface area contributed by atoms with E-state index in [1.807, 2.05) is 0 Å². The van der Waals surface area contributed by atoms with Crippen LogP contribution in [0.15, 0.2) is 24.3 Å². The second kappa shape index (κ2) is 5.09. The molecule has 1 aromatic rings. The molecule has 0 radical (unpaired) electrons. The highest BCUT2D eigenvalue weighted by Crippen LogP contribution is 2.60. The molecule has 0 aromatic heterocycles. The van der Waals surface area contributed by atoms with Crippen LogP contribution in [0.1, 0.15) is 56.1 Å². The number of rotatable bonds is 3. The molecule has 0 saturated heterocycles. The molecule has 2 fully saturated rings. The minimum atomic E-state index is -0.116. The molecule has 0 heterocycles. The number of fused-ring (bicyclic) bond motifs is 2. The molecule has 1 spiro atoms. The van der Waals surface area contributed by atoms with Crippen molar-refractivity contribution in [3.8, 4) is 0 Å². The molecule has 1 aromatic carbocycles. The van der Waals surface area contributed by atoms with Crippen LogP contribution in [0, 0.1) is 5.92 Å². The van der Waals surface area contributed by atoms with Crippen molar-refractivity contribution in [1.29, 1.82) is 0 Å². The van der Waals surface area contributed by atoms with E-state index in [0.29, 0.717) is 6.54 Å². The lowest BCUT2D eigenvalue weighted by Gasteiger charge is -2.31. The van der Waals surface area contributed by atoms with Gasteiger partial charge in [0.15, 0.2) is 0 Å². The molecule has 3 aliphatic rings. The lowest BCUT2D eigenvalue weighted by Crippen LogP contribution is -2.52. The third kappa shape index (κ3) is 2.10. The molecule has 22 heavy (non-hydrogen) atoms. The van der Waals surface area contributed by atoms with Gasteiger partial charge < -0.3 is 11.1 Å². The standard InChI is InChI=1S/C19H26N2O/c20-13-18(9-3-4-10-18)21-17(22)16-12-19(16)11-5-7-14-6-1-2-8-15(14)19/h1-2,6,8,16H,3-5,7,9-13,20H2,(H,21,22). The van der Waals surface area contributed by atoms with E-state index in [0.717, 1.165) is 25.7 Å². The van der Waals surface area contributed by atoms with Crippen molar-refractivity contribution in [1.82, 2.24) is 5.32 Å².